The lowest BCUT2D eigenvalue weighted by atomic mass is 10.2. The molecule has 24 heteroatoms. The van der Waals surface area contributed by atoms with Gasteiger partial charge in [0.1, 0.15) is 20.5 Å². The van der Waals surface area contributed by atoms with E-state index in [2.05, 4.69) is 25.5 Å². The molecule has 2 aromatic heterocycles. The number of azo groups is 1. The molecule has 45 heavy (non-hydrogen) atoms. The normalized spacial score (nSPS) is 12.5. The molecule has 0 saturated carbocycles. The second-order valence-electron chi connectivity index (χ2n) is 8.58. The van der Waals surface area contributed by atoms with Gasteiger partial charge in [-0.25, -0.2) is 14.5 Å². The molecule has 0 amide bonds. The molecule has 0 unspecified atom stereocenters. The number of aromatic amines is 1. The number of aromatic nitrogens is 4. The molecule has 0 aliphatic rings. The van der Waals surface area contributed by atoms with Crippen LogP contribution in [0.4, 0.5) is 27.3 Å². The molecule has 0 bridgehead atoms. The lowest BCUT2D eigenvalue weighted by molar-refractivity contribution is 0.0690. The van der Waals surface area contributed by atoms with Crippen LogP contribution in [-0.4, -0.2) is 69.7 Å². The zero-order chi connectivity index (χ0) is 33.6. The average molecular weight is 708 g/mol. The van der Waals surface area contributed by atoms with Crippen molar-refractivity contribution in [2.45, 2.75) is 21.6 Å². The van der Waals surface area contributed by atoms with Crippen molar-refractivity contribution >= 4 is 70.8 Å². The highest BCUT2D eigenvalue weighted by molar-refractivity contribution is 7.86. The number of rotatable bonds is 9. The zero-order valence-corrected chi connectivity index (χ0v) is 24.9. The highest BCUT2D eigenvalue weighted by Gasteiger charge is 2.27. The molecule has 0 atom stereocenters. The van der Waals surface area contributed by atoms with E-state index in [0.29, 0.717) is 18.2 Å². The fourth-order valence-corrected chi connectivity index (χ4v) is 5.52. The lowest BCUT2D eigenvalue weighted by Crippen LogP contribution is -2.18. The summed E-state index contributed by atoms with van der Waals surface area (Å²) in [4.78, 5) is 29.1. The predicted molar refractivity (Wildman–Crippen MR) is 148 cm³/mol. The molecule has 0 aliphatic carbocycles. The number of aromatic carboxylic acids is 1. The van der Waals surface area contributed by atoms with E-state index < -0.39 is 85.4 Å². The Balaban J connectivity index is 1.91. The van der Waals surface area contributed by atoms with Crippen LogP contribution in [0.3, 0.4) is 0 Å². The summed E-state index contributed by atoms with van der Waals surface area (Å²) in [7, 11) is -15.3. The molecule has 4 aromatic rings. The van der Waals surface area contributed by atoms with Crippen molar-refractivity contribution in [2.24, 2.45) is 10.2 Å². The number of H-pyrrole nitrogens is 1. The molecule has 0 radical (unpaired) electrons. The van der Waals surface area contributed by atoms with Gasteiger partial charge in [-0.1, -0.05) is 11.6 Å². The van der Waals surface area contributed by atoms with Gasteiger partial charge in [-0.15, -0.1) is 10.2 Å². The average Bonchev–Trinajstić information content (AvgIpc) is 3.24. The number of anilines is 2. The number of halogens is 2. The molecule has 238 valence electrons. The first kappa shape index (κ1) is 33.2. The Hall–Kier alpha value is -4.65. The van der Waals surface area contributed by atoms with Gasteiger partial charge in [0.15, 0.2) is 17.2 Å². The minimum Gasteiger partial charge on any atom is -0.476 e. The van der Waals surface area contributed by atoms with Gasteiger partial charge in [0.2, 0.25) is 0 Å². The Bertz CT molecular complexity index is 2320. The van der Waals surface area contributed by atoms with Gasteiger partial charge in [0.05, 0.1) is 16.3 Å². The van der Waals surface area contributed by atoms with Gasteiger partial charge < -0.3 is 10.4 Å². The quantitative estimate of drug-likeness (QED) is 0.0827. The third-order valence-corrected chi connectivity index (χ3v) is 8.68. The topological polar surface area (TPSA) is 301 Å². The zero-order valence-electron chi connectivity index (χ0n) is 21.7. The molecule has 6 N–H and O–H groups in total. The summed E-state index contributed by atoms with van der Waals surface area (Å²) in [5, 5.41) is 21.0. The van der Waals surface area contributed by atoms with Crippen molar-refractivity contribution in [3.8, 4) is 5.69 Å². The molecule has 0 spiro atoms. The second-order valence-corrected chi connectivity index (χ2v) is 13.2. The molecule has 2 aromatic carbocycles. The van der Waals surface area contributed by atoms with Crippen molar-refractivity contribution in [3.63, 3.8) is 0 Å². The van der Waals surface area contributed by atoms with E-state index in [4.69, 9.17) is 11.6 Å². The van der Waals surface area contributed by atoms with E-state index >= 15 is 0 Å². The fourth-order valence-electron chi connectivity index (χ4n) is 3.63. The molecular weight excluding hydrogens is 693 g/mol. The van der Waals surface area contributed by atoms with Crippen LogP contribution in [-0.2, 0) is 30.4 Å². The van der Waals surface area contributed by atoms with Gasteiger partial charge in [-0.3, -0.25) is 23.6 Å². The number of hydrogen-bond acceptors (Lipinski definition) is 13. The van der Waals surface area contributed by atoms with Crippen LogP contribution in [0.1, 0.15) is 16.2 Å². The first-order chi connectivity index (χ1) is 20.7. The number of benzene rings is 2. The first-order valence-electron chi connectivity index (χ1n) is 11.4. The van der Waals surface area contributed by atoms with E-state index in [9.17, 15) is 58.0 Å². The predicted octanol–water partition coefficient (Wildman–Crippen LogP) is 2.65. The van der Waals surface area contributed by atoms with E-state index in [1.807, 2.05) is 5.10 Å². The van der Waals surface area contributed by atoms with E-state index in [0.717, 1.165) is 18.2 Å². The molecule has 4 rings (SSSR count). The minimum atomic E-state index is -5.20. The Labute approximate surface area is 255 Å². The largest absolute Gasteiger partial charge is 0.476 e. The molecule has 19 nitrogen and oxygen atoms in total. The summed E-state index contributed by atoms with van der Waals surface area (Å²) >= 11 is 6.06. The molecular formula is C21H15ClFN7O12S3. The highest BCUT2D eigenvalue weighted by atomic mass is 35.5. The third-order valence-electron chi connectivity index (χ3n) is 5.57. The van der Waals surface area contributed by atoms with Crippen LogP contribution in [0.15, 0.2) is 66.1 Å². The summed E-state index contributed by atoms with van der Waals surface area (Å²) in [6, 6.07) is 4.25. The summed E-state index contributed by atoms with van der Waals surface area (Å²) < 4.78 is 114. The van der Waals surface area contributed by atoms with E-state index in [1.165, 1.54) is 6.92 Å². The van der Waals surface area contributed by atoms with Crippen LogP contribution >= 0.6 is 11.6 Å². The first-order valence-corrected chi connectivity index (χ1v) is 16.1. The van der Waals surface area contributed by atoms with Gasteiger partial charge in [-0.2, -0.15) is 34.6 Å². The Kier molecular flexibility index (Phi) is 8.64. The Morgan fingerprint density at radius 3 is 2.16 bits per heavy atom. The monoisotopic (exact) mass is 707 g/mol. The van der Waals surface area contributed by atoms with Gasteiger partial charge in [0, 0.05) is 5.69 Å². The second kappa shape index (κ2) is 11.7. The van der Waals surface area contributed by atoms with Crippen molar-refractivity contribution < 1.29 is 53.2 Å². The van der Waals surface area contributed by atoms with E-state index in [-0.39, 0.29) is 26.9 Å². The van der Waals surface area contributed by atoms with Gasteiger partial charge >= 0.3 is 12.0 Å². The Morgan fingerprint density at radius 2 is 1.58 bits per heavy atom. The lowest BCUT2D eigenvalue weighted by Gasteiger charge is -2.10. The molecule has 0 saturated heterocycles. The Morgan fingerprint density at radius 1 is 0.956 bits per heavy atom. The van der Waals surface area contributed by atoms with Crippen LogP contribution in [0.2, 0.25) is 5.02 Å². The maximum atomic E-state index is 13.7. The number of carboxylic acids is 1. The standard InChI is InChI=1S/C21H15ClFN7O12S3/c1-8-15(22)18(26-21(23)24-8)25-9-2-4-13(44(37,38)39)11(6-9)27-28-16-17(20(32)33)29-30(19(16)31)12-7-10(43(34,35)36)3-5-14(12)45(40,41)42/h2-7,29H,1H3,(H,32,33)(H,24,25,26)(H,34,35,36)(H,37,38,39)(H,40,41,42). The summed E-state index contributed by atoms with van der Waals surface area (Å²) in [6.07, 6.45) is -1.17. The highest BCUT2D eigenvalue weighted by Crippen LogP contribution is 2.33. The van der Waals surface area contributed by atoms with Crippen LogP contribution in [0.5, 0.6) is 0 Å². The van der Waals surface area contributed by atoms with Crippen LogP contribution < -0.4 is 10.9 Å². The third kappa shape index (κ3) is 7.03. The summed E-state index contributed by atoms with van der Waals surface area (Å²) in [6.45, 7) is 1.36. The summed E-state index contributed by atoms with van der Waals surface area (Å²) in [5.74, 6) is -2.17. The molecule has 0 aliphatic heterocycles. The van der Waals surface area contributed by atoms with E-state index in [1.54, 1.807) is 0 Å². The van der Waals surface area contributed by atoms with Crippen molar-refractivity contribution in [2.75, 3.05) is 5.32 Å². The summed E-state index contributed by atoms with van der Waals surface area (Å²) in [5.41, 5.74) is -5.47. The number of nitrogens with zero attached hydrogens (tertiary/aromatic N) is 5. The molecule has 0 fully saturated rings. The van der Waals surface area contributed by atoms with Crippen molar-refractivity contribution in [3.05, 3.63) is 69.2 Å². The maximum Gasteiger partial charge on any atom is 0.356 e. The number of aryl methyl sites for hydroxylation is 1. The maximum absolute atomic E-state index is 13.7. The minimum absolute atomic E-state index is 0.0327. The van der Waals surface area contributed by atoms with Gasteiger partial charge in [0.25, 0.3) is 35.9 Å². The van der Waals surface area contributed by atoms with Crippen LogP contribution in [0.25, 0.3) is 5.69 Å². The number of carboxylic acid groups (broad SMARTS) is 1. The van der Waals surface area contributed by atoms with Gasteiger partial charge in [-0.05, 0) is 43.3 Å². The number of nitrogens with one attached hydrogen (secondary N) is 2. The number of carbonyl (C=O) groups is 1. The SMILES string of the molecule is Cc1nc(F)nc(Nc2ccc(S(=O)(=O)O)c(N=Nc3c(C(=O)O)[nH]n(-c4cc(S(=O)(=O)O)ccc4S(=O)(=O)O)c3=O)c2)c1Cl. The number of hydrogen-bond donors (Lipinski definition) is 6. The van der Waals surface area contributed by atoms with Crippen molar-refractivity contribution in [1.82, 2.24) is 19.7 Å². The smallest absolute Gasteiger partial charge is 0.356 e. The van der Waals surface area contributed by atoms with Crippen molar-refractivity contribution in [1.29, 1.82) is 0 Å². The van der Waals surface area contributed by atoms with Crippen LogP contribution in [0, 0.1) is 13.0 Å². The molecule has 2 heterocycles. The fraction of sp³-hybridized carbons (Fsp3) is 0.0476.